The van der Waals surface area contributed by atoms with E-state index in [2.05, 4.69) is 5.32 Å². The van der Waals surface area contributed by atoms with Crippen molar-refractivity contribution in [2.45, 2.75) is 13.0 Å². The van der Waals surface area contributed by atoms with Gasteiger partial charge in [-0.05, 0) is 42.8 Å². The lowest BCUT2D eigenvalue weighted by Gasteiger charge is -2.17. The number of nitrogens with zero attached hydrogens (tertiary/aromatic N) is 1. The highest BCUT2D eigenvalue weighted by atomic mass is 19.1. The fraction of sp³-hybridized carbons (Fsp3) is 0.188. The monoisotopic (exact) mass is 286 g/mol. The van der Waals surface area contributed by atoms with Gasteiger partial charge in [0.1, 0.15) is 11.9 Å². The Kier molecular flexibility index (Phi) is 4.29. The number of phenolic OH excluding ortho intramolecular Hbond substituents is 1. The summed E-state index contributed by atoms with van der Waals surface area (Å²) in [6.45, 7) is 1.90. The number of benzene rings is 2. The molecule has 2 aromatic rings. The van der Waals surface area contributed by atoms with Crippen LogP contribution in [0, 0.1) is 17.1 Å². The van der Waals surface area contributed by atoms with E-state index in [1.165, 1.54) is 25.3 Å². The second kappa shape index (κ2) is 6.14. The quantitative estimate of drug-likeness (QED) is 0.901. The zero-order valence-corrected chi connectivity index (χ0v) is 11.7. The average Bonchev–Trinajstić information content (AvgIpc) is 2.49. The van der Waals surface area contributed by atoms with E-state index in [1.807, 2.05) is 13.0 Å². The molecule has 1 atom stereocenters. The van der Waals surface area contributed by atoms with Gasteiger partial charge in [-0.15, -0.1) is 0 Å². The minimum Gasteiger partial charge on any atom is -0.504 e. The first-order valence-electron chi connectivity index (χ1n) is 6.38. The molecular formula is C16H15FN2O2. The highest BCUT2D eigenvalue weighted by Gasteiger charge is 2.11. The first-order valence-corrected chi connectivity index (χ1v) is 6.38. The third kappa shape index (κ3) is 3.23. The molecule has 0 radical (unpaired) electrons. The smallest absolute Gasteiger partial charge is 0.160 e. The number of hydrogen-bond acceptors (Lipinski definition) is 4. The van der Waals surface area contributed by atoms with Gasteiger partial charge in [0.05, 0.1) is 18.4 Å². The van der Waals surface area contributed by atoms with Crippen molar-refractivity contribution in [3.63, 3.8) is 0 Å². The number of halogens is 1. The van der Waals surface area contributed by atoms with E-state index in [-0.39, 0.29) is 17.4 Å². The normalized spacial score (nSPS) is 11.5. The lowest BCUT2D eigenvalue weighted by Crippen LogP contribution is -2.08. The van der Waals surface area contributed by atoms with Gasteiger partial charge in [0.2, 0.25) is 0 Å². The van der Waals surface area contributed by atoms with Crippen LogP contribution in [0.4, 0.5) is 10.1 Å². The molecule has 0 amide bonds. The zero-order chi connectivity index (χ0) is 15.4. The summed E-state index contributed by atoms with van der Waals surface area (Å²) in [7, 11) is 1.48. The molecule has 2 aromatic carbocycles. The third-order valence-corrected chi connectivity index (χ3v) is 3.18. The minimum atomic E-state index is -0.448. The van der Waals surface area contributed by atoms with Gasteiger partial charge in [0.15, 0.2) is 11.5 Å². The summed E-state index contributed by atoms with van der Waals surface area (Å²) < 4.78 is 18.2. The summed E-state index contributed by atoms with van der Waals surface area (Å²) in [5, 5.41) is 21.8. The van der Waals surface area contributed by atoms with Crippen molar-refractivity contribution in [1.29, 1.82) is 5.26 Å². The van der Waals surface area contributed by atoms with E-state index in [1.54, 1.807) is 18.2 Å². The van der Waals surface area contributed by atoms with Crippen molar-refractivity contribution >= 4 is 5.69 Å². The molecule has 0 saturated carbocycles. The van der Waals surface area contributed by atoms with Gasteiger partial charge in [-0.25, -0.2) is 4.39 Å². The predicted octanol–water partition coefficient (Wildman–Crippen LogP) is 3.58. The molecule has 0 aliphatic carbocycles. The third-order valence-electron chi connectivity index (χ3n) is 3.18. The fourth-order valence-electron chi connectivity index (χ4n) is 2.01. The maximum atomic E-state index is 13.1. The lowest BCUT2D eigenvalue weighted by molar-refractivity contribution is 0.373. The summed E-state index contributed by atoms with van der Waals surface area (Å²) in [5.74, 6) is -0.00948. The van der Waals surface area contributed by atoms with Crippen LogP contribution in [0.5, 0.6) is 11.5 Å². The molecule has 0 saturated heterocycles. The second-order valence-electron chi connectivity index (χ2n) is 4.60. The van der Waals surface area contributed by atoms with Crippen molar-refractivity contribution in [3.05, 3.63) is 53.3 Å². The predicted molar refractivity (Wildman–Crippen MR) is 77.8 cm³/mol. The average molecular weight is 286 g/mol. The molecule has 5 heteroatoms. The molecule has 0 heterocycles. The van der Waals surface area contributed by atoms with Gasteiger partial charge in [-0.3, -0.25) is 0 Å². The number of ether oxygens (including phenoxy) is 1. The first-order chi connectivity index (χ1) is 10.0. The van der Waals surface area contributed by atoms with Crippen molar-refractivity contribution in [2.24, 2.45) is 0 Å². The van der Waals surface area contributed by atoms with Crippen LogP contribution in [0.3, 0.4) is 0 Å². The summed E-state index contributed by atoms with van der Waals surface area (Å²) in [6, 6.07) is 10.8. The number of nitriles is 1. The van der Waals surface area contributed by atoms with Crippen LogP contribution in [0.2, 0.25) is 0 Å². The van der Waals surface area contributed by atoms with Crippen LogP contribution in [0.1, 0.15) is 24.1 Å². The number of nitrogens with one attached hydrogen (secondary N) is 1. The Morgan fingerprint density at radius 1 is 1.29 bits per heavy atom. The molecule has 1 unspecified atom stereocenters. The van der Waals surface area contributed by atoms with Gasteiger partial charge in [-0.2, -0.15) is 5.26 Å². The zero-order valence-electron chi connectivity index (χ0n) is 11.7. The molecule has 108 valence electrons. The number of aromatic hydroxyl groups is 1. The maximum absolute atomic E-state index is 13.1. The number of anilines is 1. The number of hydrogen-bond donors (Lipinski definition) is 2. The van der Waals surface area contributed by atoms with Crippen molar-refractivity contribution in [1.82, 2.24) is 0 Å². The highest BCUT2D eigenvalue weighted by molar-refractivity contribution is 5.58. The maximum Gasteiger partial charge on any atom is 0.160 e. The molecule has 0 aromatic heterocycles. The van der Waals surface area contributed by atoms with E-state index in [9.17, 15) is 9.50 Å². The van der Waals surface area contributed by atoms with E-state index in [4.69, 9.17) is 10.00 Å². The molecule has 2 rings (SSSR count). The van der Waals surface area contributed by atoms with Crippen molar-refractivity contribution < 1.29 is 14.2 Å². The van der Waals surface area contributed by atoms with Crippen LogP contribution in [0.25, 0.3) is 0 Å². The number of rotatable bonds is 4. The van der Waals surface area contributed by atoms with Crippen LogP contribution >= 0.6 is 0 Å². The summed E-state index contributed by atoms with van der Waals surface area (Å²) in [5.41, 5.74) is 1.67. The van der Waals surface area contributed by atoms with E-state index >= 15 is 0 Å². The largest absolute Gasteiger partial charge is 0.504 e. The molecule has 2 N–H and O–H groups in total. The molecular weight excluding hydrogens is 271 g/mol. The van der Waals surface area contributed by atoms with Crippen LogP contribution in [-0.2, 0) is 0 Å². The Labute approximate surface area is 122 Å². The molecule has 0 spiro atoms. The van der Waals surface area contributed by atoms with Crippen LogP contribution < -0.4 is 10.1 Å². The van der Waals surface area contributed by atoms with Crippen molar-refractivity contribution in [2.75, 3.05) is 12.4 Å². The molecule has 0 fully saturated rings. The number of methoxy groups -OCH3 is 1. The van der Waals surface area contributed by atoms with E-state index < -0.39 is 5.82 Å². The first kappa shape index (κ1) is 14.7. The summed E-state index contributed by atoms with van der Waals surface area (Å²) in [6.07, 6.45) is 0. The minimum absolute atomic E-state index is 0.0629. The van der Waals surface area contributed by atoms with E-state index in [0.717, 1.165) is 5.56 Å². The SMILES string of the molecule is COc1cc(C(C)Nc2ccc(F)cc2C#N)ccc1O. The Hall–Kier alpha value is -2.74. The van der Waals surface area contributed by atoms with Gasteiger partial charge in [0, 0.05) is 6.04 Å². The Bertz CT molecular complexity index is 695. The molecule has 0 aliphatic heterocycles. The lowest BCUT2D eigenvalue weighted by atomic mass is 10.1. The standard InChI is InChI=1S/C16H15FN2O2/c1-10(11-3-6-15(20)16(8-11)21-2)19-14-5-4-13(17)7-12(14)9-18/h3-8,10,19-20H,1-2H3. The van der Waals surface area contributed by atoms with E-state index in [0.29, 0.717) is 11.4 Å². The second-order valence-corrected chi connectivity index (χ2v) is 4.60. The van der Waals surface area contributed by atoms with Crippen LogP contribution in [-0.4, -0.2) is 12.2 Å². The van der Waals surface area contributed by atoms with Gasteiger partial charge < -0.3 is 15.2 Å². The molecule has 4 nitrogen and oxygen atoms in total. The number of phenols is 1. The Balaban J connectivity index is 2.26. The summed E-state index contributed by atoms with van der Waals surface area (Å²) in [4.78, 5) is 0. The van der Waals surface area contributed by atoms with Crippen molar-refractivity contribution in [3.8, 4) is 17.6 Å². The molecule has 0 aliphatic rings. The van der Waals surface area contributed by atoms with Crippen LogP contribution in [0.15, 0.2) is 36.4 Å². The molecule has 0 bridgehead atoms. The highest BCUT2D eigenvalue weighted by Crippen LogP contribution is 2.30. The summed E-state index contributed by atoms with van der Waals surface area (Å²) >= 11 is 0. The van der Waals surface area contributed by atoms with Gasteiger partial charge in [0.25, 0.3) is 0 Å². The van der Waals surface area contributed by atoms with Gasteiger partial charge >= 0.3 is 0 Å². The molecule has 21 heavy (non-hydrogen) atoms. The Morgan fingerprint density at radius 2 is 2.05 bits per heavy atom. The Morgan fingerprint density at radius 3 is 2.71 bits per heavy atom. The fourth-order valence-corrected chi connectivity index (χ4v) is 2.01. The van der Waals surface area contributed by atoms with Gasteiger partial charge in [-0.1, -0.05) is 6.07 Å². The topological polar surface area (TPSA) is 65.3 Å².